The van der Waals surface area contributed by atoms with E-state index >= 15 is 0 Å². The number of hydrogen-bond donors (Lipinski definition) is 1. The molecule has 3 aromatic heterocycles. The van der Waals surface area contributed by atoms with Crippen LogP contribution in [0.2, 0.25) is 0 Å². The Kier molecular flexibility index (Phi) is 2.56. The maximum atomic E-state index is 5.91. The van der Waals surface area contributed by atoms with Crippen LogP contribution in [-0.2, 0) is 6.54 Å². The minimum absolute atomic E-state index is 0.386. The van der Waals surface area contributed by atoms with Crippen LogP contribution in [0.3, 0.4) is 0 Å². The number of nitrogens with two attached hydrogens (primary N) is 1. The van der Waals surface area contributed by atoms with Crippen molar-refractivity contribution < 1.29 is 4.74 Å². The predicted octanol–water partition coefficient (Wildman–Crippen LogP) is 0.922. The molecule has 7 nitrogen and oxygen atoms in total. The molecule has 3 aromatic rings. The molecule has 0 aromatic carbocycles. The molecule has 18 heavy (non-hydrogen) atoms. The highest BCUT2D eigenvalue weighted by Gasteiger charge is 2.14. The Hall–Kier alpha value is -2.22. The van der Waals surface area contributed by atoms with Crippen molar-refractivity contribution in [2.24, 2.45) is 0 Å². The van der Waals surface area contributed by atoms with Gasteiger partial charge in [0.15, 0.2) is 11.2 Å². The molecule has 0 saturated heterocycles. The van der Waals surface area contributed by atoms with Crippen molar-refractivity contribution in [1.82, 2.24) is 24.5 Å². The zero-order chi connectivity index (χ0) is 12.5. The van der Waals surface area contributed by atoms with Gasteiger partial charge in [-0.1, -0.05) is 0 Å². The van der Waals surface area contributed by atoms with Crippen molar-refractivity contribution in [1.29, 1.82) is 0 Å². The number of methoxy groups -OCH3 is 1. The second kappa shape index (κ2) is 4.22. The van der Waals surface area contributed by atoms with E-state index in [1.54, 1.807) is 30.2 Å². The standard InChI is InChI=1S/C10H10N6OS/c1-17-9-7-8(13-4-14-9)16(10(11)15-7)3-6-2-12-5-18-6/h2,4-5H,3H2,1H3,(H2,11,15). The summed E-state index contributed by atoms with van der Waals surface area (Å²) < 4.78 is 6.95. The Morgan fingerprint density at radius 1 is 1.44 bits per heavy atom. The van der Waals surface area contributed by atoms with Crippen LogP contribution in [-0.4, -0.2) is 31.6 Å². The Balaban J connectivity index is 2.14. The number of imidazole rings is 1. The fraction of sp³-hybridized carbons (Fsp3) is 0.200. The second-order valence-corrected chi connectivity index (χ2v) is 4.55. The number of anilines is 1. The largest absolute Gasteiger partial charge is 0.479 e. The molecule has 0 saturated carbocycles. The number of hydrogen-bond acceptors (Lipinski definition) is 7. The topological polar surface area (TPSA) is 91.7 Å². The molecule has 3 heterocycles. The van der Waals surface area contributed by atoms with Crippen molar-refractivity contribution in [2.45, 2.75) is 6.54 Å². The molecule has 0 amide bonds. The lowest BCUT2D eigenvalue weighted by Crippen LogP contribution is -2.04. The maximum absolute atomic E-state index is 5.91. The number of ether oxygens (including phenoxy) is 1. The molecular formula is C10H10N6OS. The normalized spacial score (nSPS) is 10.9. The summed E-state index contributed by atoms with van der Waals surface area (Å²) in [5.41, 5.74) is 8.92. The lowest BCUT2D eigenvalue weighted by Gasteiger charge is -2.03. The van der Waals surface area contributed by atoms with Crippen molar-refractivity contribution in [3.63, 3.8) is 0 Å². The van der Waals surface area contributed by atoms with Crippen LogP contribution >= 0.6 is 11.3 Å². The van der Waals surface area contributed by atoms with E-state index in [0.717, 1.165) is 4.88 Å². The third kappa shape index (κ3) is 1.66. The molecule has 0 fully saturated rings. The summed E-state index contributed by atoms with van der Waals surface area (Å²) in [5, 5.41) is 0. The van der Waals surface area contributed by atoms with E-state index in [2.05, 4.69) is 19.9 Å². The van der Waals surface area contributed by atoms with E-state index in [1.807, 2.05) is 4.57 Å². The van der Waals surface area contributed by atoms with Crippen LogP contribution in [0.5, 0.6) is 5.88 Å². The number of nitrogens with zero attached hydrogens (tertiary/aromatic N) is 5. The quantitative estimate of drug-likeness (QED) is 0.754. The molecule has 0 aliphatic rings. The van der Waals surface area contributed by atoms with Gasteiger partial charge in [-0.05, 0) is 0 Å². The third-order valence-corrected chi connectivity index (χ3v) is 3.28. The molecule has 0 radical (unpaired) electrons. The molecular weight excluding hydrogens is 252 g/mol. The lowest BCUT2D eigenvalue weighted by atomic mass is 10.5. The van der Waals surface area contributed by atoms with Crippen molar-refractivity contribution in [3.05, 3.63) is 22.9 Å². The maximum Gasteiger partial charge on any atom is 0.245 e. The molecule has 92 valence electrons. The smallest absolute Gasteiger partial charge is 0.245 e. The van der Waals surface area contributed by atoms with Gasteiger partial charge >= 0.3 is 0 Å². The minimum Gasteiger partial charge on any atom is -0.479 e. The Morgan fingerprint density at radius 2 is 2.33 bits per heavy atom. The van der Waals surface area contributed by atoms with Gasteiger partial charge < -0.3 is 10.5 Å². The van der Waals surface area contributed by atoms with Gasteiger partial charge in [0, 0.05) is 11.1 Å². The Morgan fingerprint density at radius 3 is 3.06 bits per heavy atom. The number of fused-ring (bicyclic) bond motifs is 1. The van der Waals surface area contributed by atoms with Crippen LogP contribution in [0.15, 0.2) is 18.0 Å². The van der Waals surface area contributed by atoms with E-state index in [-0.39, 0.29) is 0 Å². The molecule has 0 spiro atoms. The van der Waals surface area contributed by atoms with E-state index < -0.39 is 0 Å². The number of aromatic nitrogens is 5. The summed E-state index contributed by atoms with van der Waals surface area (Å²) in [6.07, 6.45) is 3.24. The summed E-state index contributed by atoms with van der Waals surface area (Å²) in [6, 6.07) is 0. The molecule has 0 aliphatic carbocycles. The molecule has 0 unspecified atom stereocenters. The van der Waals surface area contributed by atoms with Gasteiger partial charge in [0.2, 0.25) is 11.8 Å². The SMILES string of the molecule is COc1ncnc2c1nc(N)n2Cc1cncs1. The number of rotatable bonds is 3. The molecule has 8 heteroatoms. The van der Waals surface area contributed by atoms with Crippen LogP contribution in [0, 0.1) is 0 Å². The summed E-state index contributed by atoms with van der Waals surface area (Å²) >= 11 is 1.56. The lowest BCUT2D eigenvalue weighted by molar-refractivity contribution is 0.401. The molecule has 0 atom stereocenters. The first-order valence-corrected chi connectivity index (χ1v) is 6.05. The first-order valence-electron chi connectivity index (χ1n) is 5.17. The van der Waals surface area contributed by atoms with E-state index in [4.69, 9.17) is 10.5 Å². The highest BCUT2D eigenvalue weighted by Crippen LogP contribution is 2.24. The van der Waals surface area contributed by atoms with E-state index in [1.165, 1.54) is 6.33 Å². The van der Waals surface area contributed by atoms with Gasteiger partial charge in [0.25, 0.3) is 0 Å². The fourth-order valence-corrected chi connectivity index (χ4v) is 2.30. The van der Waals surface area contributed by atoms with E-state index in [0.29, 0.717) is 29.5 Å². The summed E-state index contributed by atoms with van der Waals surface area (Å²) in [7, 11) is 1.54. The van der Waals surface area contributed by atoms with Gasteiger partial charge in [-0.25, -0.2) is 9.97 Å². The van der Waals surface area contributed by atoms with Crippen LogP contribution in [0.25, 0.3) is 11.2 Å². The Bertz CT molecular complexity index is 677. The number of thiazole rings is 1. The van der Waals surface area contributed by atoms with E-state index in [9.17, 15) is 0 Å². The first-order chi connectivity index (χ1) is 8.79. The minimum atomic E-state index is 0.386. The van der Waals surface area contributed by atoms with Crippen LogP contribution in [0.4, 0.5) is 5.95 Å². The van der Waals surface area contributed by atoms with Crippen molar-refractivity contribution in [2.75, 3.05) is 12.8 Å². The van der Waals surface area contributed by atoms with Gasteiger partial charge in [-0.3, -0.25) is 9.55 Å². The van der Waals surface area contributed by atoms with Gasteiger partial charge in [0.05, 0.1) is 19.2 Å². The fourth-order valence-electron chi connectivity index (χ4n) is 1.71. The zero-order valence-electron chi connectivity index (χ0n) is 9.57. The monoisotopic (exact) mass is 262 g/mol. The molecule has 3 rings (SSSR count). The van der Waals surface area contributed by atoms with Gasteiger partial charge in [-0.2, -0.15) is 4.98 Å². The van der Waals surface area contributed by atoms with Gasteiger partial charge in [-0.15, -0.1) is 11.3 Å². The predicted molar refractivity (Wildman–Crippen MR) is 67.5 cm³/mol. The number of nitrogen functional groups attached to an aromatic ring is 1. The van der Waals surface area contributed by atoms with Crippen molar-refractivity contribution >= 4 is 28.4 Å². The zero-order valence-corrected chi connectivity index (χ0v) is 10.4. The summed E-state index contributed by atoms with van der Waals surface area (Å²) in [4.78, 5) is 17.6. The van der Waals surface area contributed by atoms with Crippen LogP contribution in [0.1, 0.15) is 4.88 Å². The third-order valence-electron chi connectivity index (χ3n) is 2.52. The average Bonchev–Trinajstić information content (AvgIpc) is 2.99. The highest BCUT2D eigenvalue weighted by molar-refractivity contribution is 7.09. The van der Waals surface area contributed by atoms with Gasteiger partial charge in [0.1, 0.15) is 6.33 Å². The van der Waals surface area contributed by atoms with Crippen LogP contribution < -0.4 is 10.5 Å². The Labute approximate surface area is 106 Å². The first kappa shape index (κ1) is 10.9. The molecule has 0 bridgehead atoms. The van der Waals surface area contributed by atoms with Crippen molar-refractivity contribution in [3.8, 4) is 5.88 Å². The summed E-state index contributed by atoms with van der Waals surface area (Å²) in [5.74, 6) is 0.812. The second-order valence-electron chi connectivity index (χ2n) is 3.58. The molecule has 0 aliphatic heterocycles. The summed E-state index contributed by atoms with van der Waals surface area (Å²) in [6.45, 7) is 0.590. The highest BCUT2D eigenvalue weighted by atomic mass is 32.1. The average molecular weight is 262 g/mol. The molecule has 2 N–H and O–H groups in total.